The van der Waals surface area contributed by atoms with E-state index < -0.39 is 0 Å². The molecule has 3 rings (SSSR count). The van der Waals surface area contributed by atoms with Gasteiger partial charge in [0.25, 0.3) is 0 Å². The zero-order valence-corrected chi connectivity index (χ0v) is 13.1. The van der Waals surface area contributed by atoms with Gasteiger partial charge in [0.05, 0.1) is 19.7 Å². The molecule has 118 valence electrons. The molecule has 1 spiro atoms. The van der Waals surface area contributed by atoms with E-state index in [1.54, 1.807) is 0 Å². The zero-order chi connectivity index (χ0) is 15.0. The topological polar surface area (TPSA) is 49.9 Å². The molecule has 2 amide bonds. The highest BCUT2D eigenvalue weighted by Gasteiger charge is 2.48. The first-order valence-electron chi connectivity index (χ1n) is 8.20. The van der Waals surface area contributed by atoms with Gasteiger partial charge in [-0.25, -0.2) is 0 Å². The molecule has 3 saturated heterocycles. The summed E-state index contributed by atoms with van der Waals surface area (Å²) in [5, 5.41) is 0. The largest absolute Gasteiger partial charge is 0.371 e. The van der Waals surface area contributed by atoms with E-state index in [-0.39, 0.29) is 17.4 Å². The van der Waals surface area contributed by atoms with Gasteiger partial charge >= 0.3 is 0 Å². The van der Waals surface area contributed by atoms with E-state index in [4.69, 9.17) is 4.74 Å². The van der Waals surface area contributed by atoms with Crippen LogP contribution >= 0.6 is 0 Å². The van der Waals surface area contributed by atoms with Crippen molar-refractivity contribution in [3.8, 4) is 0 Å². The molecule has 5 nitrogen and oxygen atoms in total. The lowest BCUT2D eigenvalue weighted by atomic mass is 9.82. The van der Waals surface area contributed by atoms with Crippen LogP contribution in [0.3, 0.4) is 0 Å². The van der Waals surface area contributed by atoms with Gasteiger partial charge in [0.1, 0.15) is 5.60 Å². The first-order valence-corrected chi connectivity index (χ1v) is 8.20. The molecule has 3 fully saturated rings. The number of rotatable bonds is 3. The molecule has 0 aromatic heterocycles. The Morgan fingerprint density at radius 1 is 1.43 bits per heavy atom. The van der Waals surface area contributed by atoms with E-state index in [2.05, 4.69) is 0 Å². The Bertz CT molecular complexity index is 419. The van der Waals surface area contributed by atoms with Gasteiger partial charge in [-0.1, -0.05) is 13.8 Å². The summed E-state index contributed by atoms with van der Waals surface area (Å²) in [7, 11) is 0. The lowest BCUT2D eigenvalue weighted by molar-refractivity contribution is -0.191. The quantitative estimate of drug-likeness (QED) is 0.787. The lowest BCUT2D eigenvalue weighted by Gasteiger charge is -2.53. The molecule has 0 radical (unpaired) electrons. The minimum absolute atomic E-state index is 0.0693. The van der Waals surface area contributed by atoms with Gasteiger partial charge in [0.15, 0.2) is 0 Å². The van der Waals surface area contributed by atoms with Crippen molar-refractivity contribution in [2.75, 3.05) is 32.8 Å². The van der Waals surface area contributed by atoms with Crippen molar-refractivity contribution in [2.45, 2.75) is 45.1 Å². The molecule has 3 aliphatic heterocycles. The van der Waals surface area contributed by atoms with Crippen molar-refractivity contribution in [1.82, 2.24) is 9.80 Å². The molecule has 0 saturated carbocycles. The van der Waals surface area contributed by atoms with Crippen molar-refractivity contribution in [1.29, 1.82) is 0 Å². The Hall–Kier alpha value is -1.10. The summed E-state index contributed by atoms with van der Waals surface area (Å²) in [6.45, 7) is 7.88. The SMILES string of the molecule is CC(C)C(=O)N1CC2(CCC(CN3CCCC3=O)CO2)C1. The molecule has 21 heavy (non-hydrogen) atoms. The van der Waals surface area contributed by atoms with Gasteiger partial charge in [-0.3, -0.25) is 9.59 Å². The van der Waals surface area contributed by atoms with Gasteiger partial charge < -0.3 is 14.5 Å². The Morgan fingerprint density at radius 2 is 2.19 bits per heavy atom. The molecule has 1 atom stereocenters. The van der Waals surface area contributed by atoms with E-state index in [1.807, 2.05) is 23.6 Å². The van der Waals surface area contributed by atoms with Crippen molar-refractivity contribution < 1.29 is 14.3 Å². The monoisotopic (exact) mass is 294 g/mol. The van der Waals surface area contributed by atoms with E-state index in [0.717, 1.165) is 52.0 Å². The molecular formula is C16H26N2O3. The lowest BCUT2D eigenvalue weighted by Crippen LogP contribution is -2.67. The highest BCUT2D eigenvalue weighted by molar-refractivity contribution is 5.79. The van der Waals surface area contributed by atoms with E-state index in [9.17, 15) is 9.59 Å². The molecule has 0 aliphatic carbocycles. The fourth-order valence-electron chi connectivity index (χ4n) is 3.69. The van der Waals surface area contributed by atoms with Gasteiger partial charge in [-0.05, 0) is 19.3 Å². The first-order chi connectivity index (χ1) is 9.99. The van der Waals surface area contributed by atoms with Crippen LogP contribution < -0.4 is 0 Å². The Kier molecular flexibility index (Phi) is 3.95. The number of hydrogen-bond acceptors (Lipinski definition) is 3. The fraction of sp³-hybridized carbons (Fsp3) is 0.875. The van der Waals surface area contributed by atoms with Crippen molar-refractivity contribution >= 4 is 11.8 Å². The summed E-state index contributed by atoms with van der Waals surface area (Å²) < 4.78 is 6.09. The number of carbonyl (C=O) groups is 2. The maximum Gasteiger partial charge on any atom is 0.225 e. The van der Waals surface area contributed by atoms with Crippen LogP contribution in [0.5, 0.6) is 0 Å². The molecular weight excluding hydrogens is 268 g/mol. The van der Waals surface area contributed by atoms with Crippen LogP contribution in [0.15, 0.2) is 0 Å². The van der Waals surface area contributed by atoms with Crippen LogP contribution in [0.25, 0.3) is 0 Å². The Morgan fingerprint density at radius 3 is 2.71 bits per heavy atom. The minimum Gasteiger partial charge on any atom is -0.371 e. The standard InChI is InChI=1S/C16H26N2O3/c1-12(2)15(20)18-10-16(11-18)6-5-13(9-21-16)8-17-7-3-4-14(17)19/h12-13H,3-11H2,1-2H3. The van der Waals surface area contributed by atoms with Crippen LogP contribution in [-0.4, -0.2) is 60.0 Å². The third-order valence-corrected chi connectivity index (χ3v) is 5.05. The van der Waals surface area contributed by atoms with Gasteiger partial charge in [-0.2, -0.15) is 0 Å². The van der Waals surface area contributed by atoms with Gasteiger partial charge in [0.2, 0.25) is 11.8 Å². The average Bonchev–Trinajstić information content (AvgIpc) is 2.82. The number of hydrogen-bond donors (Lipinski definition) is 0. The smallest absolute Gasteiger partial charge is 0.225 e. The summed E-state index contributed by atoms with van der Waals surface area (Å²) in [6.07, 6.45) is 3.83. The molecule has 3 heterocycles. The molecule has 0 aromatic carbocycles. The van der Waals surface area contributed by atoms with Gasteiger partial charge in [0, 0.05) is 31.3 Å². The Labute approximate surface area is 126 Å². The highest BCUT2D eigenvalue weighted by atomic mass is 16.5. The van der Waals surface area contributed by atoms with Crippen molar-refractivity contribution in [3.63, 3.8) is 0 Å². The molecule has 0 aromatic rings. The predicted molar refractivity (Wildman–Crippen MR) is 78.6 cm³/mol. The van der Waals surface area contributed by atoms with Crippen molar-refractivity contribution in [3.05, 3.63) is 0 Å². The summed E-state index contributed by atoms with van der Waals surface area (Å²) in [4.78, 5) is 27.5. The average molecular weight is 294 g/mol. The summed E-state index contributed by atoms with van der Waals surface area (Å²) >= 11 is 0. The number of nitrogens with zero attached hydrogens (tertiary/aromatic N) is 2. The fourth-order valence-corrected chi connectivity index (χ4v) is 3.69. The summed E-state index contributed by atoms with van der Waals surface area (Å²) in [6, 6.07) is 0. The highest BCUT2D eigenvalue weighted by Crippen LogP contribution is 2.37. The first kappa shape index (κ1) is 14.8. The predicted octanol–water partition coefficient (Wildman–Crippen LogP) is 1.27. The van der Waals surface area contributed by atoms with Crippen LogP contribution in [-0.2, 0) is 14.3 Å². The second kappa shape index (κ2) is 5.59. The maximum atomic E-state index is 11.9. The van der Waals surface area contributed by atoms with Gasteiger partial charge in [-0.15, -0.1) is 0 Å². The summed E-state index contributed by atoms with van der Waals surface area (Å²) in [5.74, 6) is 1.06. The third-order valence-electron chi connectivity index (χ3n) is 5.05. The normalized spacial score (nSPS) is 28.3. The molecule has 3 aliphatic rings. The second-order valence-corrected chi connectivity index (χ2v) is 7.19. The maximum absolute atomic E-state index is 11.9. The second-order valence-electron chi connectivity index (χ2n) is 7.19. The summed E-state index contributed by atoms with van der Waals surface area (Å²) in [5.41, 5.74) is -0.0872. The third kappa shape index (κ3) is 2.93. The molecule has 5 heteroatoms. The minimum atomic E-state index is -0.0872. The van der Waals surface area contributed by atoms with Crippen molar-refractivity contribution in [2.24, 2.45) is 11.8 Å². The van der Waals surface area contributed by atoms with Crippen LogP contribution in [0.1, 0.15) is 39.5 Å². The number of carbonyl (C=O) groups excluding carboxylic acids is 2. The zero-order valence-electron chi connectivity index (χ0n) is 13.1. The van der Waals surface area contributed by atoms with Crippen LogP contribution in [0, 0.1) is 11.8 Å². The number of likely N-dealkylation sites (tertiary alicyclic amines) is 2. The van der Waals surface area contributed by atoms with E-state index in [0.29, 0.717) is 18.2 Å². The van der Waals surface area contributed by atoms with E-state index in [1.165, 1.54) is 0 Å². The molecule has 1 unspecified atom stereocenters. The van der Waals surface area contributed by atoms with Crippen LogP contribution in [0.2, 0.25) is 0 Å². The number of amides is 2. The molecule has 0 bridgehead atoms. The Balaban J connectivity index is 1.44. The van der Waals surface area contributed by atoms with E-state index >= 15 is 0 Å². The molecule has 0 N–H and O–H groups in total. The van der Waals surface area contributed by atoms with Crippen LogP contribution in [0.4, 0.5) is 0 Å². The number of ether oxygens (including phenoxy) is 1.